The van der Waals surface area contributed by atoms with Gasteiger partial charge in [-0.1, -0.05) is 48.0 Å². The van der Waals surface area contributed by atoms with Crippen LogP contribution in [0.1, 0.15) is 21.5 Å². The zero-order valence-corrected chi connectivity index (χ0v) is 12.3. The van der Waals surface area contributed by atoms with Gasteiger partial charge >= 0.3 is 0 Å². The number of hydrogen-bond acceptors (Lipinski definition) is 2. The van der Waals surface area contributed by atoms with Crippen LogP contribution in [0.2, 0.25) is 0 Å². The first-order valence-corrected chi connectivity index (χ1v) is 7.10. The summed E-state index contributed by atoms with van der Waals surface area (Å²) in [5.41, 5.74) is 3.89. The highest BCUT2D eigenvalue weighted by molar-refractivity contribution is 6.06. The van der Waals surface area contributed by atoms with E-state index in [1.165, 1.54) is 0 Å². The first kappa shape index (κ1) is 14.0. The highest BCUT2D eigenvalue weighted by atomic mass is 16.1. The van der Waals surface area contributed by atoms with Crippen LogP contribution in [0.3, 0.4) is 0 Å². The van der Waals surface area contributed by atoms with Crippen LogP contribution in [0.15, 0.2) is 73.3 Å². The molecule has 0 spiro atoms. The smallest absolute Gasteiger partial charge is 0.185 e. The largest absolute Gasteiger partial charge is 0.306 e. The molecule has 0 aliphatic carbocycles. The molecule has 108 valence electrons. The molecule has 0 atom stereocenters. The van der Waals surface area contributed by atoms with E-state index in [1.807, 2.05) is 72.3 Å². The fourth-order valence-corrected chi connectivity index (χ4v) is 2.16. The van der Waals surface area contributed by atoms with Gasteiger partial charge in [0, 0.05) is 23.6 Å². The minimum atomic E-state index is 0.0127. The van der Waals surface area contributed by atoms with Gasteiger partial charge in [-0.05, 0) is 30.7 Å². The van der Waals surface area contributed by atoms with E-state index >= 15 is 0 Å². The average molecular weight is 288 g/mol. The molecule has 0 radical (unpaired) electrons. The summed E-state index contributed by atoms with van der Waals surface area (Å²) in [5.74, 6) is 0.0127. The van der Waals surface area contributed by atoms with Gasteiger partial charge in [-0.15, -0.1) is 0 Å². The van der Waals surface area contributed by atoms with Crippen molar-refractivity contribution in [3.63, 3.8) is 0 Å². The van der Waals surface area contributed by atoms with Crippen molar-refractivity contribution in [1.29, 1.82) is 0 Å². The van der Waals surface area contributed by atoms with Crippen molar-refractivity contribution in [3.8, 4) is 5.69 Å². The van der Waals surface area contributed by atoms with Crippen LogP contribution >= 0.6 is 0 Å². The maximum Gasteiger partial charge on any atom is 0.185 e. The van der Waals surface area contributed by atoms with Crippen LogP contribution in [0.25, 0.3) is 11.8 Å². The molecular weight excluding hydrogens is 272 g/mol. The van der Waals surface area contributed by atoms with Crippen molar-refractivity contribution in [1.82, 2.24) is 9.55 Å². The van der Waals surface area contributed by atoms with Gasteiger partial charge in [0.15, 0.2) is 5.78 Å². The predicted octanol–water partition coefficient (Wildman–Crippen LogP) is 4.08. The monoisotopic (exact) mass is 288 g/mol. The van der Waals surface area contributed by atoms with Gasteiger partial charge in [-0.2, -0.15) is 0 Å². The molecule has 22 heavy (non-hydrogen) atoms. The number of carbonyl (C=O) groups excluding carboxylic acids is 1. The molecule has 3 nitrogen and oxygen atoms in total. The fourth-order valence-electron chi connectivity index (χ4n) is 2.16. The van der Waals surface area contributed by atoms with Crippen molar-refractivity contribution >= 4 is 11.9 Å². The maximum atomic E-state index is 12.1. The van der Waals surface area contributed by atoms with E-state index in [-0.39, 0.29) is 5.78 Å². The normalized spacial score (nSPS) is 11.0. The van der Waals surface area contributed by atoms with Crippen LogP contribution in [0.5, 0.6) is 0 Å². The first-order chi connectivity index (χ1) is 10.7. The van der Waals surface area contributed by atoms with Crippen LogP contribution < -0.4 is 0 Å². The molecule has 0 aliphatic rings. The Labute approximate surface area is 129 Å². The van der Waals surface area contributed by atoms with Gasteiger partial charge < -0.3 is 4.57 Å². The summed E-state index contributed by atoms with van der Waals surface area (Å²) >= 11 is 0. The molecule has 3 aromatic rings. The molecule has 0 saturated heterocycles. The zero-order chi connectivity index (χ0) is 15.4. The van der Waals surface area contributed by atoms with E-state index in [9.17, 15) is 4.79 Å². The number of imidazole rings is 1. The molecule has 0 amide bonds. The topological polar surface area (TPSA) is 34.9 Å². The average Bonchev–Trinajstić information content (AvgIpc) is 3.08. The first-order valence-electron chi connectivity index (χ1n) is 7.10. The second-order valence-corrected chi connectivity index (χ2v) is 5.13. The van der Waals surface area contributed by atoms with E-state index in [0.29, 0.717) is 5.56 Å². The van der Waals surface area contributed by atoms with E-state index in [1.54, 1.807) is 18.6 Å². The molecule has 0 fully saturated rings. The highest BCUT2D eigenvalue weighted by Gasteiger charge is 2.00. The van der Waals surface area contributed by atoms with Crippen molar-refractivity contribution in [2.24, 2.45) is 0 Å². The number of benzene rings is 2. The lowest BCUT2D eigenvalue weighted by Crippen LogP contribution is -1.93. The SMILES string of the molecule is Cc1ccc(C(=O)/C=C/c2ccc(-n3ccnc3)cc2)cc1. The second-order valence-electron chi connectivity index (χ2n) is 5.13. The van der Waals surface area contributed by atoms with Crippen molar-refractivity contribution in [2.45, 2.75) is 6.92 Å². The molecule has 0 aliphatic heterocycles. The quantitative estimate of drug-likeness (QED) is 0.535. The lowest BCUT2D eigenvalue weighted by atomic mass is 10.1. The summed E-state index contributed by atoms with van der Waals surface area (Å²) < 4.78 is 1.94. The minimum absolute atomic E-state index is 0.0127. The number of ketones is 1. The third-order valence-electron chi connectivity index (χ3n) is 3.46. The summed E-state index contributed by atoms with van der Waals surface area (Å²) in [5, 5.41) is 0. The Morgan fingerprint density at radius 3 is 2.41 bits per heavy atom. The van der Waals surface area contributed by atoms with Crippen LogP contribution in [0, 0.1) is 6.92 Å². The lowest BCUT2D eigenvalue weighted by Gasteiger charge is -2.02. The van der Waals surface area contributed by atoms with Gasteiger partial charge in [0.2, 0.25) is 0 Å². The van der Waals surface area contributed by atoms with Crippen LogP contribution in [-0.2, 0) is 0 Å². The van der Waals surface area contributed by atoms with Crippen LogP contribution in [0.4, 0.5) is 0 Å². The maximum absolute atomic E-state index is 12.1. The Balaban J connectivity index is 1.72. The van der Waals surface area contributed by atoms with Gasteiger partial charge in [0.05, 0.1) is 6.33 Å². The summed E-state index contributed by atoms with van der Waals surface area (Å²) in [6, 6.07) is 15.5. The number of hydrogen-bond donors (Lipinski definition) is 0. The van der Waals surface area contributed by atoms with E-state index in [2.05, 4.69) is 4.98 Å². The van der Waals surface area contributed by atoms with E-state index in [0.717, 1.165) is 16.8 Å². The molecule has 3 heteroatoms. The number of carbonyl (C=O) groups is 1. The molecule has 1 aromatic heterocycles. The molecule has 0 saturated carbocycles. The number of aryl methyl sites for hydroxylation is 1. The molecule has 0 unspecified atom stereocenters. The molecule has 0 bridgehead atoms. The standard InChI is InChI=1S/C19H16N2O/c1-15-2-7-17(8-3-15)19(22)11-6-16-4-9-18(10-5-16)21-13-12-20-14-21/h2-14H,1H3/b11-6+. The minimum Gasteiger partial charge on any atom is -0.306 e. The second kappa shape index (κ2) is 6.22. The Bertz CT molecular complexity index is 782. The van der Waals surface area contributed by atoms with Crippen LogP contribution in [-0.4, -0.2) is 15.3 Å². The lowest BCUT2D eigenvalue weighted by molar-refractivity contribution is 0.104. The van der Waals surface area contributed by atoms with Gasteiger partial charge in [-0.25, -0.2) is 4.98 Å². The fraction of sp³-hybridized carbons (Fsp3) is 0.0526. The number of nitrogens with zero attached hydrogens (tertiary/aromatic N) is 2. The summed E-state index contributed by atoms with van der Waals surface area (Å²) in [6.45, 7) is 2.01. The number of rotatable bonds is 4. The Morgan fingerprint density at radius 2 is 1.77 bits per heavy atom. The third-order valence-corrected chi connectivity index (χ3v) is 3.46. The molecule has 0 N–H and O–H groups in total. The Morgan fingerprint density at radius 1 is 1.05 bits per heavy atom. The number of allylic oxidation sites excluding steroid dienone is 1. The highest BCUT2D eigenvalue weighted by Crippen LogP contribution is 2.11. The Hall–Kier alpha value is -2.94. The van der Waals surface area contributed by atoms with Gasteiger partial charge in [0.1, 0.15) is 0 Å². The molecule has 3 rings (SSSR count). The molecule has 1 heterocycles. The number of aromatic nitrogens is 2. The summed E-state index contributed by atoms with van der Waals surface area (Å²) in [7, 11) is 0. The molecular formula is C19H16N2O. The van der Waals surface area contributed by atoms with Crippen molar-refractivity contribution in [3.05, 3.63) is 90.0 Å². The van der Waals surface area contributed by atoms with Crippen molar-refractivity contribution in [2.75, 3.05) is 0 Å². The Kier molecular flexibility index (Phi) is 3.97. The van der Waals surface area contributed by atoms with Crippen molar-refractivity contribution < 1.29 is 4.79 Å². The predicted molar refractivity (Wildman–Crippen MR) is 88.1 cm³/mol. The molecule has 2 aromatic carbocycles. The zero-order valence-electron chi connectivity index (χ0n) is 12.3. The van der Waals surface area contributed by atoms with E-state index < -0.39 is 0 Å². The third kappa shape index (κ3) is 3.20. The summed E-state index contributed by atoms with van der Waals surface area (Å²) in [4.78, 5) is 16.1. The van der Waals surface area contributed by atoms with Gasteiger partial charge in [0.25, 0.3) is 0 Å². The van der Waals surface area contributed by atoms with Gasteiger partial charge in [-0.3, -0.25) is 4.79 Å². The summed E-state index contributed by atoms with van der Waals surface area (Å²) in [6.07, 6.45) is 8.84. The van der Waals surface area contributed by atoms with E-state index in [4.69, 9.17) is 0 Å².